The molecular formula is C23H28O3. The van der Waals surface area contributed by atoms with Crippen LogP contribution >= 0.6 is 0 Å². The number of hydrogen-bond acceptors (Lipinski definition) is 2. The molecule has 2 aromatic carbocycles. The van der Waals surface area contributed by atoms with E-state index in [1.54, 1.807) is 24.3 Å². The molecule has 1 N–H and O–H groups in total. The summed E-state index contributed by atoms with van der Waals surface area (Å²) in [5.74, 6) is -0.217. The molecule has 0 saturated heterocycles. The second-order valence-corrected chi connectivity index (χ2v) is 8.58. The number of ether oxygens (including phenoxy) is 1. The maximum atomic E-state index is 10.9. The van der Waals surface area contributed by atoms with Crippen molar-refractivity contribution in [2.24, 2.45) is 0 Å². The molecule has 2 aromatic rings. The van der Waals surface area contributed by atoms with E-state index in [9.17, 15) is 4.79 Å². The average Bonchev–Trinajstić information content (AvgIpc) is 2.59. The average molecular weight is 352 g/mol. The number of carbonyl (C=O) groups is 1. The van der Waals surface area contributed by atoms with E-state index in [4.69, 9.17) is 9.84 Å². The minimum atomic E-state index is -0.920. The molecule has 138 valence electrons. The van der Waals surface area contributed by atoms with Gasteiger partial charge in [0.1, 0.15) is 5.75 Å². The summed E-state index contributed by atoms with van der Waals surface area (Å²) in [5, 5.41) is 8.94. The van der Waals surface area contributed by atoms with Crippen LogP contribution in [0.5, 0.6) is 5.75 Å². The fourth-order valence-electron chi connectivity index (χ4n) is 3.77. The van der Waals surface area contributed by atoms with Crippen LogP contribution in [0.2, 0.25) is 0 Å². The van der Waals surface area contributed by atoms with Gasteiger partial charge in [-0.2, -0.15) is 0 Å². The third-order valence-electron chi connectivity index (χ3n) is 5.68. The lowest BCUT2D eigenvalue weighted by molar-refractivity contribution is 0.0697. The highest BCUT2D eigenvalue weighted by molar-refractivity contribution is 5.87. The topological polar surface area (TPSA) is 46.5 Å². The highest BCUT2D eigenvalue weighted by Crippen LogP contribution is 2.45. The zero-order valence-corrected chi connectivity index (χ0v) is 16.1. The Kier molecular flexibility index (Phi) is 4.83. The smallest absolute Gasteiger partial charge is 0.335 e. The van der Waals surface area contributed by atoms with Gasteiger partial charge in [0.25, 0.3) is 0 Å². The molecule has 0 spiro atoms. The summed E-state index contributed by atoms with van der Waals surface area (Å²) in [6, 6.07) is 13.4. The van der Waals surface area contributed by atoms with Gasteiger partial charge in [-0.05, 0) is 64.6 Å². The van der Waals surface area contributed by atoms with Crippen molar-refractivity contribution in [3.8, 4) is 5.75 Å². The van der Waals surface area contributed by atoms with Gasteiger partial charge in [-0.15, -0.1) is 0 Å². The van der Waals surface area contributed by atoms with Gasteiger partial charge in [0.2, 0.25) is 0 Å². The standard InChI is InChI=1S/C23H28O3/c1-22(2)12-13-23(3,4)20-15-16(5-10-19(20)22)11-14-26-18-8-6-17(7-9-18)21(24)25/h5-10,15H,11-14H2,1-4H3,(H,24,25). The second kappa shape index (κ2) is 6.79. The lowest BCUT2D eigenvalue weighted by Gasteiger charge is -2.42. The predicted octanol–water partition coefficient (Wildman–Crippen LogP) is 5.36. The van der Waals surface area contributed by atoms with Gasteiger partial charge in [0, 0.05) is 6.42 Å². The van der Waals surface area contributed by atoms with Crippen molar-refractivity contribution in [2.45, 2.75) is 57.8 Å². The highest BCUT2D eigenvalue weighted by atomic mass is 16.5. The van der Waals surface area contributed by atoms with Gasteiger partial charge < -0.3 is 9.84 Å². The molecule has 0 amide bonds. The number of hydrogen-bond donors (Lipinski definition) is 1. The quantitative estimate of drug-likeness (QED) is 0.788. The van der Waals surface area contributed by atoms with Crippen molar-refractivity contribution in [1.29, 1.82) is 0 Å². The summed E-state index contributed by atoms with van der Waals surface area (Å²) in [5.41, 5.74) is 4.97. The van der Waals surface area contributed by atoms with Crippen LogP contribution in [0.25, 0.3) is 0 Å². The lowest BCUT2D eigenvalue weighted by atomic mass is 9.63. The molecule has 3 nitrogen and oxygen atoms in total. The van der Waals surface area contributed by atoms with E-state index >= 15 is 0 Å². The predicted molar refractivity (Wildman–Crippen MR) is 104 cm³/mol. The van der Waals surface area contributed by atoms with Crippen molar-refractivity contribution >= 4 is 5.97 Å². The Hall–Kier alpha value is -2.29. The fourth-order valence-corrected chi connectivity index (χ4v) is 3.77. The molecule has 0 bridgehead atoms. The molecule has 0 saturated carbocycles. The van der Waals surface area contributed by atoms with E-state index < -0.39 is 5.97 Å². The van der Waals surface area contributed by atoms with Crippen LogP contribution in [0, 0.1) is 0 Å². The highest BCUT2D eigenvalue weighted by Gasteiger charge is 2.36. The molecule has 0 atom stereocenters. The van der Waals surface area contributed by atoms with Crippen LogP contribution in [0.1, 0.15) is 67.6 Å². The molecule has 3 rings (SSSR count). The maximum absolute atomic E-state index is 10.9. The molecule has 0 unspecified atom stereocenters. The molecule has 0 aliphatic heterocycles. The van der Waals surface area contributed by atoms with E-state index in [1.807, 2.05) is 0 Å². The molecular weight excluding hydrogens is 324 g/mol. The van der Waals surface area contributed by atoms with Gasteiger partial charge in [0.05, 0.1) is 12.2 Å². The van der Waals surface area contributed by atoms with E-state index in [2.05, 4.69) is 45.9 Å². The normalized spacial score (nSPS) is 17.4. The Labute approximate surface area is 156 Å². The first kappa shape index (κ1) is 18.5. The van der Waals surface area contributed by atoms with Gasteiger partial charge in [0.15, 0.2) is 0 Å². The minimum absolute atomic E-state index is 0.217. The first-order valence-corrected chi connectivity index (χ1v) is 9.29. The van der Waals surface area contributed by atoms with Crippen LogP contribution in [-0.2, 0) is 17.3 Å². The number of benzene rings is 2. The number of fused-ring (bicyclic) bond motifs is 1. The van der Waals surface area contributed by atoms with Gasteiger partial charge in [-0.25, -0.2) is 4.79 Å². The van der Waals surface area contributed by atoms with Crippen LogP contribution in [0.15, 0.2) is 42.5 Å². The molecule has 3 heteroatoms. The Bertz CT molecular complexity index is 801. The SMILES string of the molecule is CC1(C)CCC(C)(C)c2cc(CCOc3ccc(C(=O)O)cc3)ccc21. The summed E-state index contributed by atoms with van der Waals surface area (Å²) in [6.45, 7) is 9.93. The first-order valence-electron chi connectivity index (χ1n) is 9.29. The van der Waals surface area contributed by atoms with Crippen molar-refractivity contribution < 1.29 is 14.6 Å². The fraction of sp³-hybridized carbons (Fsp3) is 0.435. The molecule has 0 fully saturated rings. The Morgan fingerprint density at radius 2 is 1.58 bits per heavy atom. The zero-order chi connectivity index (χ0) is 18.9. The molecule has 0 radical (unpaired) electrons. The second-order valence-electron chi connectivity index (χ2n) is 8.58. The largest absolute Gasteiger partial charge is 0.493 e. The van der Waals surface area contributed by atoms with Crippen molar-refractivity contribution in [3.63, 3.8) is 0 Å². The summed E-state index contributed by atoms with van der Waals surface area (Å²) in [6.07, 6.45) is 3.27. The zero-order valence-electron chi connectivity index (χ0n) is 16.1. The minimum Gasteiger partial charge on any atom is -0.493 e. The van der Waals surface area contributed by atoms with E-state index in [0.717, 1.165) is 6.42 Å². The van der Waals surface area contributed by atoms with E-state index in [0.29, 0.717) is 12.4 Å². The molecule has 1 aliphatic carbocycles. The lowest BCUT2D eigenvalue weighted by Crippen LogP contribution is -2.33. The third-order valence-corrected chi connectivity index (χ3v) is 5.68. The van der Waals surface area contributed by atoms with E-state index in [-0.39, 0.29) is 16.4 Å². The van der Waals surface area contributed by atoms with Crippen molar-refractivity contribution in [2.75, 3.05) is 6.61 Å². The van der Waals surface area contributed by atoms with E-state index in [1.165, 1.54) is 29.5 Å². The van der Waals surface area contributed by atoms with Gasteiger partial charge in [-0.3, -0.25) is 0 Å². The summed E-state index contributed by atoms with van der Waals surface area (Å²) in [7, 11) is 0. The van der Waals surface area contributed by atoms with Gasteiger partial charge >= 0.3 is 5.97 Å². The Balaban J connectivity index is 1.68. The van der Waals surface area contributed by atoms with Crippen LogP contribution in [0.3, 0.4) is 0 Å². The van der Waals surface area contributed by atoms with Crippen LogP contribution in [-0.4, -0.2) is 17.7 Å². The molecule has 1 aliphatic rings. The molecule has 0 aromatic heterocycles. The monoisotopic (exact) mass is 352 g/mol. The van der Waals surface area contributed by atoms with Crippen LogP contribution in [0.4, 0.5) is 0 Å². The summed E-state index contributed by atoms with van der Waals surface area (Å²) >= 11 is 0. The van der Waals surface area contributed by atoms with Crippen molar-refractivity contribution in [1.82, 2.24) is 0 Å². The maximum Gasteiger partial charge on any atom is 0.335 e. The Morgan fingerprint density at radius 3 is 2.19 bits per heavy atom. The number of rotatable bonds is 5. The number of carboxylic acids is 1. The first-order chi connectivity index (χ1) is 12.2. The Morgan fingerprint density at radius 1 is 0.962 bits per heavy atom. The van der Waals surface area contributed by atoms with Gasteiger partial charge in [-0.1, -0.05) is 45.9 Å². The number of aromatic carboxylic acids is 1. The summed E-state index contributed by atoms with van der Waals surface area (Å²) in [4.78, 5) is 10.9. The third kappa shape index (κ3) is 3.77. The summed E-state index contributed by atoms with van der Waals surface area (Å²) < 4.78 is 5.79. The molecule has 0 heterocycles. The number of carboxylic acid groups (broad SMARTS) is 1. The molecule has 26 heavy (non-hydrogen) atoms. The van der Waals surface area contributed by atoms with Crippen molar-refractivity contribution in [3.05, 3.63) is 64.7 Å². The van der Waals surface area contributed by atoms with Crippen LogP contribution < -0.4 is 4.74 Å².